The highest BCUT2D eigenvalue weighted by atomic mass is 32.2. The molecule has 0 radical (unpaired) electrons. The van der Waals surface area contributed by atoms with Crippen molar-refractivity contribution in [2.45, 2.75) is 36.2 Å². The lowest BCUT2D eigenvalue weighted by molar-refractivity contribution is -0.0115. The van der Waals surface area contributed by atoms with Gasteiger partial charge in [-0.3, -0.25) is 4.72 Å². The fraction of sp³-hybridized carbons (Fsp3) is 0.500. The summed E-state index contributed by atoms with van der Waals surface area (Å²) in [5.41, 5.74) is 1.24. The molecule has 7 nitrogen and oxygen atoms in total. The second-order valence-corrected chi connectivity index (χ2v) is 9.84. The number of hydrogen-bond donors (Lipinski definition) is 1. The summed E-state index contributed by atoms with van der Waals surface area (Å²) in [5.74, 6) is 0.244. The number of rotatable bonds is 5. The minimum absolute atomic E-state index is 0.0589. The number of fused-ring (bicyclic) bond motifs is 1. The number of anilines is 1. The molecule has 9 heteroatoms. The van der Waals surface area contributed by atoms with E-state index in [1.165, 1.54) is 19.2 Å². The van der Waals surface area contributed by atoms with Gasteiger partial charge in [0.1, 0.15) is 11.4 Å². The van der Waals surface area contributed by atoms with Crippen LogP contribution in [0.3, 0.4) is 0 Å². The van der Waals surface area contributed by atoms with E-state index in [4.69, 9.17) is 9.47 Å². The first-order chi connectivity index (χ1) is 14.8. The van der Waals surface area contributed by atoms with Crippen LogP contribution in [0.25, 0.3) is 0 Å². The van der Waals surface area contributed by atoms with Gasteiger partial charge in [0.15, 0.2) is 0 Å². The topological polar surface area (TPSA) is 80.8 Å². The standard InChI is InChI=1S/C22H28FN3O4S/c1-26-11-7-16-15-20(21(29-2)24-19(16)8-12-26)25-31(27,28)18-5-3-17(4-6-18)22(23)9-13-30-14-10-22/h3-6,15,25H,7-14H2,1-2H3. The third-order valence-electron chi connectivity index (χ3n) is 6.05. The summed E-state index contributed by atoms with van der Waals surface area (Å²) in [6.07, 6.45) is 2.11. The number of sulfonamides is 1. The molecule has 0 bridgehead atoms. The number of aromatic nitrogens is 1. The van der Waals surface area contributed by atoms with Crippen molar-refractivity contribution in [3.05, 3.63) is 47.2 Å². The van der Waals surface area contributed by atoms with Crippen LogP contribution >= 0.6 is 0 Å². The number of hydrogen-bond acceptors (Lipinski definition) is 6. The summed E-state index contributed by atoms with van der Waals surface area (Å²) in [6, 6.07) is 7.77. The molecule has 3 heterocycles. The summed E-state index contributed by atoms with van der Waals surface area (Å²) in [7, 11) is -0.362. The molecule has 1 saturated heterocycles. The quantitative estimate of drug-likeness (QED) is 0.756. The van der Waals surface area contributed by atoms with Crippen LogP contribution in [0, 0.1) is 0 Å². The maximum absolute atomic E-state index is 15.1. The molecule has 4 rings (SSSR count). The van der Waals surface area contributed by atoms with Crippen molar-refractivity contribution in [2.75, 3.05) is 45.2 Å². The van der Waals surface area contributed by atoms with Crippen LogP contribution in [-0.4, -0.2) is 58.8 Å². The first kappa shape index (κ1) is 22.0. The normalized spacial score (nSPS) is 19.3. The van der Waals surface area contributed by atoms with Gasteiger partial charge in [-0.1, -0.05) is 12.1 Å². The Morgan fingerprint density at radius 1 is 1.16 bits per heavy atom. The highest BCUT2D eigenvalue weighted by Crippen LogP contribution is 2.37. The lowest BCUT2D eigenvalue weighted by atomic mass is 9.88. The number of benzene rings is 1. The fourth-order valence-electron chi connectivity index (χ4n) is 4.08. The van der Waals surface area contributed by atoms with E-state index < -0.39 is 15.7 Å². The molecule has 2 aliphatic heterocycles. The van der Waals surface area contributed by atoms with Crippen LogP contribution < -0.4 is 9.46 Å². The van der Waals surface area contributed by atoms with Crippen molar-refractivity contribution in [3.8, 4) is 5.88 Å². The fourth-order valence-corrected chi connectivity index (χ4v) is 5.12. The molecule has 0 spiro atoms. The zero-order chi connectivity index (χ0) is 22.1. The summed E-state index contributed by atoms with van der Waals surface area (Å²) in [6.45, 7) is 2.49. The molecule has 0 amide bonds. The minimum Gasteiger partial charge on any atom is -0.479 e. The van der Waals surface area contributed by atoms with Gasteiger partial charge in [-0.15, -0.1) is 0 Å². The first-order valence-electron chi connectivity index (χ1n) is 10.5. The van der Waals surface area contributed by atoms with Crippen molar-refractivity contribution in [1.29, 1.82) is 0 Å². The van der Waals surface area contributed by atoms with Crippen LogP contribution in [0.2, 0.25) is 0 Å². The van der Waals surface area contributed by atoms with Crippen molar-refractivity contribution in [1.82, 2.24) is 9.88 Å². The minimum atomic E-state index is -3.89. The highest BCUT2D eigenvalue weighted by Gasteiger charge is 2.34. The Labute approximate surface area is 182 Å². The average molecular weight is 450 g/mol. The van der Waals surface area contributed by atoms with Crippen LogP contribution in [0.4, 0.5) is 10.1 Å². The summed E-state index contributed by atoms with van der Waals surface area (Å²) in [5, 5.41) is 0. The third-order valence-corrected chi connectivity index (χ3v) is 7.44. The number of alkyl halides is 1. The molecule has 2 aromatic rings. The molecule has 0 aliphatic carbocycles. The molecule has 1 aromatic heterocycles. The molecule has 2 aliphatic rings. The van der Waals surface area contributed by atoms with Gasteiger partial charge in [-0.05, 0) is 42.8 Å². The molecule has 1 aromatic carbocycles. The van der Waals surface area contributed by atoms with Gasteiger partial charge in [-0.2, -0.15) is 0 Å². The molecule has 1 N–H and O–H groups in total. The third kappa shape index (κ3) is 4.68. The lowest BCUT2D eigenvalue weighted by Gasteiger charge is -2.30. The van der Waals surface area contributed by atoms with Crippen LogP contribution in [-0.2, 0) is 33.3 Å². The summed E-state index contributed by atoms with van der Waals surface area (Å²) < 4.78 is 54.3. The molecule has 1 fully saturated rings. The van der Waals surface area contributed by atoms with Crippen molar-refractivity contribution < 1.29 is 22.3 Å². The van der Waals surface area contributed by atoms with E-state index >= 15 is 4.39 Å². The van der Waals surface area contributed by atoms with E-state index in [1.54, 1.807) is 12.1 Å². The number of methoxy groups -OCH3 is 1. The zero-order valence-corrected chi connectivity index (χ0v) is 18.7. The second kappa shape index (κ2) is 8.72. The second-order valence-electron chi connectivity index (χ2n) is 8.16. The molecule has 168 valence electrons. The van der Waals surface area contributed by atoms with Crippen molar-refractivity contribution in [3.63, 3.8) is 0 Å². The smallest absolute Gasteiger partial charge is 0.262 e. The van der Waals surface area contributed by atoms with Gasteiger partial charge in [0.2, 0.25) is 5.88 Å². The largest absolute Gasteiger partial charge is 0.479 e. The maximum Gasteiger partial charge on any atom is 0.262 e. The summed E-state index contributed by atoms with van der Waals surface area (Å²) >= 11 is 0. The molecule has 0 atom stereocenters. The number of nitrogens with one attached hydrogen (secondary N) is 1. The lowest BCUT2D eigenvalue weighted by Crippen LogP contribution is -2.29. The first-order valence-corrected chi connectivity index (χ1v) is 11.9. The van der Waals surface area contributed by atoms with Crippen molar-refractivity contribution in [2.24, 2.45) is 0 Å². The van der Waals surface area contributed by atoms with E-state index in [0.717, 1.165) is 37.2 Å². The van der Waals surface area contributed by atoms with Crippen LogP contribution in [0.5, 0.6) is 5.88 Å². The highest BCUT2D eigenvalue weighted by molar-refractivity contribution is 7.92. The van der Waals surface area contributed by atoms with E-state index in [2.05, 4.69) is 21.7 Å². The van der Waals surface area contributed by atoms with Gasteiger partial charge >= 0.3 is 0 Å². The van der Waals surface area contributed by atoms with Crippen LogP contribution in [0.1, 0.15) is 29.7 Å². The summed E-state index contributed by atoms with van der Waals surface area (Å²) in [4.78, 5) is 6.83. The monoisotopic (exact) mass is 449 g/mol. The SMILES string of the molecule is COc1nc2c(cc1NS(=O)(=O)c1ccc(C3(F)CCOCC3)cc1)CCN(C)CC2. The van der Waals surface area contributed by atoms with E-state index in [0.29, 0.717) is 24.5 Å². The maximum atomic E-state index is 15.1. The number of nitrogens with zero attached hydrogens (tertiary/aromatic N) is 2. The number of likely N-dealkylation sites (N-methyl/N-ethyl adjacent to an activating group) is 1. The number of ether oxygens (including phenoxy) is 2. The Hall–Kier alpha value is -2.23. The Balaban J connectivity index is 1.59. The van der Waals surface area contributed by atoms with E-state index in [1.807, 2.05) is 6.07 Å². The zero-order valence-electron chi connectivity index (χ0n) is 17.9. The molecular weight excluding hydrogens is 421 g/mol. The molecule has 0 unspecified atom stereocenters. The molecule has 31 heavy (non-hydrogen) atoms. The Morgan fingerprint density at radius 2 is 1.84 bits per heavy atom. The predicted molar refractivity (Wildman–Crippen MR) is 116 cm³/mol. The Kier molecular flexibility index (Phi) is 6.18. The number of halogens is 1. The van der Waals surface area contributed by atoms with Gasteiger partial charge in [-0.25, -0.2) is 17.8 Å². The van der Waals surface area contributed by atoms with Gasteiger partial charge in [0, 0.05) is 51.3 Å². The number of pyridine rings is 1. The predicted octanol–water partition coefficient (Wildman–Crippen LogP) is 2.90. The van der Waals surface area contributed by atoms with Gasteiger partial charge in [0.25, 0.3) is 10.0 Å². The Morgan fingerprint density at radius 3 is 2.52 bits per heavy atom. The molecule has 0 saturated carbocycles. The Bertz CT molecular complexity index is 1040. The van der Waals surface area contributed by atoms with E-state index in [9.17, 15) is 8.42 Å². The van der Waals surface area contributed by atoms with Gasteiger partial charge < -0.3 is 14.4 Å². The van der Waals surface area contributed by atoms with E-state index in [-0.39, 0.29) is 23.6 Å². The van der Waals surface area contributed by atoms with Crippen molar-refractivity contribution >= 4 is 15.7 Å². The van der Waals surface area contributed by atoms with Crippen LogP contribution in [0.15, 0.2) is 35.2 Å². The van der Waals surface area contributed by atoms with Gasteiger partial charge in [0.05, 0.1) is 12.0 Å². The average Bonchev–Trinajstić information content (AvgIpc) is 2.95. The molecular formula is C22H28FN3O4S.